The van der Waals surface area contributed by atoms with Gasteiger partial charge in [-0.05, 0) is 48.0 Å². The number of benzene rings is 4. The summed E-state index contributed by atoms with van der Waals surface area (Å²) in [5, 5.41) is 0. The van der Waals surface area contributed by atoms with Gasteiger partial charge < -0.3 is 4.55 Å². The molecular weight excluding hydrogens is 396 g/mol. The van der Waals surface area contributed by atoms with Gasteiger partial charge in [0.05, 0.1) is 33.8 Å². The molecule has 4 heteroatoms. The first-order chi connectivity index (χ1) is 14.1. The third kappa shape index (κ3) is 3.44. The fourth-order valence-corrected chi connectivity index (χ4v) is 11.5. The zero-order valence-corrected chi connectivity index (χ0v) is 17.4. The van der Waals surface area contributed by atoms with Crippen LogP contribution in [0.3, 0.4) is 0 Å². The monoisotopic (exact) mass is 417 g/mol. The summed E-state index contributed by atoms with van der Waals surface area (Å²) >= 11 is 0. The van der Waals surface area contributed by atoms with E-state index in [1.54, 1.807) is 36.4 Å². The minimum Gasteiger partial charge on any atom is -0.599 e. The molecule has 0 fully saturated rings. The van der Waals surface area contributed by atoms with Crippen LogP contribution in [0.4, 0.5) is 0 Å². The summed E-state index contributed by atoms with van der Waals surface area (Å²) in [5.74, 6) is 0.160. The largest absolute Gasteiger partial charge is 0.599 e. The van der Waals surface area contributed by atoms with Gasteiger partial charge in [0.25, 0.3) is 0 Å². The lowest BCUT2D eigenvalue weighted by atomic mass is 10.2. The lowest BCUT2D eigenvalue weighted by molar-refractivity contribution is 0.599. The molecule has 145 valence electrons. The molecule has 0 saturated heterocycles. The minimum absolute atomic E-state index is 0.160. The van der Waals surface area contributed by atoms with Crippen LogP contribution in [0.5, 0.6) is 0 Å². The molecule has 2 nitrogen and oxygen atoms in total. The van der Waals surface area contributed by atoms with E-state index >= 15 is 4.21 Å². The molecular formula is C25H21O2S2. The van der Waals surface area contributed by atoms with Crippen LogP contribution >= 0.6 is 0 Å². The highest BCUT2D eigenvalue weighted by molar-refractivity contribution is 8.81. The Balaban J connectivity index is 2.07. The Morgan fingerprint density at radius 2 is 1.17 bits per heavy atom. The first-order valence-electron chi connectivity index (χ1n) is 9.31. The van der Waals surface area contributed by atoms with Crippen molar-refractivity contribution in [2.24, 2.45) is 0 Å². The van der Waals surface area contributed by atoms with Gasteiger partial charge in [-0.1, -0.05) is 78.9 Å². The average Bonchev–Trinajstić information content (AvgIpc) is 2.81. The third-order valence-corrected chi connectivity index (χ3v) is 13.5. The molecule has 1 radical (unpaired) electrons. The van der Waals surface area contributed by atoms with E-state index in [-0.39, 0.29) is 5.75 Å². The third-order valence-electron chi connectivity index (χ3n) is 4.91. The first kappa shape index (κ1) is 19.6. The molecule has 0 heterocycles. The molecule has 0 aromatic heterocycles. The molecule has 0 saturated carbocycles. The summed E-state index contributed by atoms with van der Waals surface area (Å²) < 4.78 is 29.8. The van der Waals surface area contributed by atoms with E-state index < -0.39 is 18.3 Å². The van der Waals surface area contributed by atoms with Gasteiger partial charge in [0.2, 0.25) is 0 Å². The maximum atomic E-state index is 15.5. The Bertz CT molecular complexity index is 1090. The van der Waals surface area contributed by atoms with Gasteiger partial charge in [-0.3, -0.25) is 0 Å². The van der Waals surface area contributed by atoms with Gasteiger partial charge in [0, 0.05) is 0 Å². The number of hydrogen-bond donors (Lipinski definition) is 0. The molecule has 0 N–H and O–H groups in total. The van der Waals surface area contributed by atoms with Crippen LogP contribution in [0.25, 0.3) is 0 Å². The molecule has 4 rings (SSSR count). The van der Waals surface area contributed by atoms with Gasteiger partial charge in [-0.2, -0.15) is 0 Å². The Kier molecular flexibility index (Phi) is 5.41. The van der Waals surface area contributed by atoms with Crippen molar-refractivity contribution in [2.45, 2.75) is 20.4 Å². The van der Waals surface area contributed by atoms with Crippen molar-refractivity contribution in [3.05, 3.63) is 127 Å². The van der Waals surface area contributed by atoms with Gasteiger partial charge in [-0.15, -0.1) is 0 Å². The van der Waals surface area contributed by atoms with Crippen molar-refractivity contribution in [1.29, 1.82) is 0 Å². The molecule has 0 aliphatic rings. The molecule has 1 atom stereocenters. The van der Waals surface area contributed by atoms with Crippen LogP contribution in [0.15, 0.2) is 130 Å². The maximum Gasteiger partial charge on any atom is 0.166 e. The summed E-state index contributed by atoms with van der Waals surface area (Å²) in [6, 6.07) is 38.0. The Labute approximate surface area is 174 Å². The van der Waals surface area contributed by atoms with E-state index in [2.05, 4.69) is 6.07 Å². The number of hydrogen-bond acceptors (Lipinski definition) is 2. The zero-order valence-electron chi connectivity index (χ0n) is 15.8. The molecule has 4 aromatic rings. The van der Waals surface area contributed by atoms with Gasteiger partial charge in [0.1, 0.15) is 0 Å². The minimum atomic E-state index is -4.11. The van der Waals surface area contributed by atoms with E-state index in [1.807, 2.05) is 78.9 Å². The fraction of sp³-hybridized carbons (Fsp3) is 0.0400. The summed E-state index contributed by atoms with van der Waals surface area (Å²) in [4.78, 5) is 1.71. The van der Waals surface area contributed by atoms with E-state index in [9.17, 15) is 4.55 Å². The Morgan fingerprint density at radius 3 is 1.76 bits per heavy atom. The summed E-state index contributed by atoms with van der Waals surface area (Å²) in [6.07, 6.45) is 0. The van der Waals surface area contributed by atoms with Crippen molar-refractivity contribution in [1.82, 2.24) is 0 Å². The average molecular weight is 418 g/mol. The van der Waals surface area contributed by atoms with Crippen molar-refractivity contribution < 1.29 is 8.76 Å². The second-order valence-corrected chi connectivity index (χ2v) is 14.0. The second kappa shape index (κ2) is 7.99. The first-order valence-corrected chi connectivity index (χ1v) is 13.1. The summed E-state index contributed by atoms with van der Waals surface area (Å²) in [5.41, 5.74) is 0.880. The zero-order chi connectivity index (χ0) is 20.2. The maximum absolute atomic E-state index is 15.5. The second-order valence-electron chi connectivity index (χ2n) is 6.75. The highest BCUT2D eigenvalue weighted by Crippen LogP contribution is 2.53. The Hall–Kier alpha value is -2.66. The van der Waals surface area contributed by atoms with Crippen molar-refractivity contribution >= 4 is 18.3 Å². The van der Waals surface area contributed by atoms with Gasteiger partial charge in [0.15, 0.2) is 4.90 Å². The van der Waals surface area contributed by atoms with Crippen LogP contribution in [0.1, 0.15) is 5.56 Å². The van der Waals surface area contributed by atoms with Gasteiger partial charge in [-0.25, -0.2) is 4.21 Å². The molecule has 0 aliphatic heterocycles. The standard InChI is InChI=1S/C25H21O2S2/c26-28(23-15-7-2-8-16-23)29(27,24-17-9-3-10-18-24,25-19-11-4-12-20-25)21-22-13-5-1-6-14-22/h1-3,5-20H,21H2. The van der Waals surface area contributed by atoms with E-state index in [0.717, 1.165) is 5.56 Å². The lowest BCUT2D eigenvalue weighted by Crippen LogP contribution is -2.43. The molecule has 0 bridgehead atoms. The molecule has 0 aliphatic carbocycles. The molecule has 0 amide bonds. The van der Waals surface area contributed by atoms with Crippen LogP contribution in [-0.4, -0.2) is 8.76 Å². The Morgan fingerprint density at radius 1 is 0.690 bits per heavy atom. The normalized spacial score (nSPS) is 13.9. The van der Waals surface area contributed by atoms with E-state index in [0.29, 0.717) is 14.7 Å². The highest BCUT2D eigenvalue weighted by Gasteiger charge is 2.53. The fourth-order valence-electron chi connectivity index (χ4n) is 3.49. The van der Waals surface area contributed by atoms with Crippen LogP contribution in [0, 0.1) is 6.07 Å². The van der Waals surface area contributed by atoms with Crippen molar-refractivity contribution in [3.63, 3.8) is 0 Å². The van der Waals surface area contributed by atoms with E-state index in [4.69, 9.17) is 0 Å². The molecule has 1 unspecified atom stereocenters. The van der Waals surface area contributed by atoms with Crippen molar-refractivity contribution in [3.8, 4) is 0 Å². The highest BCUT2D eigenvalue weighted by atomic mass is 33.2. The smallest absolute Gasteiger partial charge is 0.166 e. The summed E-state index contributed by atoms with van der Waals surface area (Å²) in [6.45, 7) is 0. The predicted octanol–water partition coefficient (Wildman–Crippen LogP) is 5.65. The van der Waals surface area contributed by atoms with Crippen molar-refractivity contribution in [2.75, 3.05) is 0 Å². The molecule has 4 aromatic carbocycles. The number of rotatable bonds is 6. The topological polar surface area (TPSA) is 40.1 Å². The van der Waals surface area contributed by atoms with Gasteiger partial charge >= 0.3 is 0 Å². The van der Waals surface area contributed by atoms with E-state index in [1.165, 1.54) is 0 Å². The molecule has 0 spiro atoms. The summed E-state index contributed by atoms with van der Waals surface area (Å²) in [7, 11) is -5.92. The quantitative estimate of drug-likeness (QED) is 0.300. The van der Waals surface area contributed by atoms with Crippen LogP contribution < -0.4 is 0 Å². The predicted molar refractivity (Wildman–Crippen MR) is 119 cm³/mol. The van der Waals surface area contributed by atoms with Crippen LogP contribution in [0.2, 0.25) is 0 Å². The molecule has 29 heavy (non-hydrogen) atoms. The SMILES string of the molecule is O=S(Cc1ccccc1)(c1cc[c]cc1)(c1ccccc1)[S+]([O-])c1ccccc1. The van der Waals surface area contributed by atoms with Crippen LogP contribution in [-0.2, 0) is 24.1 Å². The lowest BCUT2D eigenvalue weighted by Gasteiger charge is -2.43.